The average Bonchev–Trinajstić information content (AvgIpc) is 3.35. The van der Waals surface area contributed by atoms with Crippen molar-refractivity contribution < 1.29 is 43.4 Å². The van der Waals surface area contributed by atoms with Crippen LogP contribution in [0.25, 0.3) is 0 Å². The van der Waals surface area contributed by atoms with Crippen LogP contribution in [-0.4, -0.2) is 85.2 Å². The van der Waals surface area contributed by atoms with Crippen molar-refractivity contribution in [3.63, 3.8) is 0 Å². The molecule has 5 aliphatic rings. The third kappa shape index (κ3) is 6.91. The van der Waals surface area contributed by atoms with E-state index in [9.17, 15) is 15.0 Å². The number of carbonyl (C=O) groups excluding carboxylic acids is 1. The van der Waals surface area contributed by atoms with Crippen molar-refractivity contribution >= 4 is 5.97 Å². The zero-order valence-corrected chi connectivity index (χ0v) is 28.1. The van der Waals surface area contributed by atoms with Crippen LogP contribution in [0.15, 0.2) is 47.1 Å². The van der Waals surface area contributed by atoms with Gasteiger partial charge in [-0.3, -0.25) is 4.79 Å². The molecule has 9 nitrogen and oxygen atoms in total. The molecule has 2 N–H and O–H groups in total. The molecular formula is C36H54O9. The number of methoxy groups -OCH3 is 2. The molecule has 0 aromatic heterocycles. The highest BCUT2D eigenvalue weighted by atomic mass is 16.7. The summed E-state index contributed by atoms with van der Waals surface area (Å²) in [6.45, 7) is 10.5. The number of aliphatic hydroxyl groups excluding tert-OH is 1. The van der Waals surface area contributed by atoms with Gasteiger partial charge in [0.25, 0.3) is 0 Å². The van der Waals surface area contributed by atoms with Crippen LogP contribution >= 0.6 is 0 Å². The van der Waals surface area contributed by atoms with Crippen LogP contribution in [0.1, 0.15) is 79.6 Å². The van der Waals surface area contributed by atoms with Crippen molar-refractivity contribution in [3.05, 3.63) is 47.1 Å². The second-order valence-corrected chi connectivity index (χ2v) is 14.0. The quantitative estimate of drug-likeness (QED) is 0.242. The van der Waals surface area contributed by atoms with Crippen LogP contribution in [0.4, 0.5) is 0 Å². The molecule has 4 aliphatic heterocycles. The van der Waals surface area contributed by atoms with E-state index in [4.69, 9.17) is 28.4 Å². The smallest absolute Gasteiger partial charge is 0.316 e. The Morgan fingerprint density at radius 1 is 1.11 bits per heavy atom. The molecule has 0 aromatic carbocycles. The Bertz CT molecular complexity index is 1190. The first kappa shape index (κ1) is 34.5. The fourth-order valence-corrected chi connectivity index (χ4v) is 8.13. The van der Waals surface area contributed by atoms with E-state index in [1.54, 1.807) is 27.2 Å². The standard InChI is InChI=1S/C36H54O9/c1-8-30-23(4)14-15-35(45-30)19-27-17-26(44-35)13-12-22(3)28(18-31(40-6)41-7)21(2)10-9-11-25-20-42-33-32(37)24(5)16-29(34(38)43-27)36(25,33)39/h9-12,16,21,23,26-33,37,39H,8,13-15,17-20H2,1-7H3/b10-9+,22-12+,25-11+/t21-,23-,26+,27-,28?,29-,30+,32+,33+,35+,36+/m0/s1. The Morgan fingerprint density at radius 3 is 2.58 bits per heavy atom. The molecule has 1 aliphatic carbocycles. The first-order chi connectivity index (χ1) is 21.4. The van der Waals surface area contributed by atoms with Gasteiger partial charge >= 0.3 is 5.97 Å². The van der Waals surface area contributed by atoms with E-state index in [1.807, 2.05) is 12.2 Å². The molecule has 0 saturated carbocycles. The van der Waals surface area contributed by atoms with Crippen molar-refractivity contribution in [2.75, 3.05) is 20.8 Å². The van der Waals surface area contributed by atoms with Gasteiger partial charge in [0.05, 0.1) is 18.8 Å². The number of hydrogen-bond acceptors (Lipinski definition) is 9. The maximum absolute atomic E-state index is 14.0. The molecule has 0 aromatic rings. The summed E-state index contributed by atoms with van der Waals surface area (Å²) < 4.78 is 37.0. The van der Waals surface area contributed by atoms with Crippen LogP contribution in [0.2, 0.25) is 0 Å². The van der Waals surface area contributed by atoms with Crippen LogP contribution in [-0.2, 0) is 33.2 Å². The normalized spacial score (nSPS) is 45.6. The summed E-state index contributed by atoms with van der Waals surface area (Å²) >= 11 is 0. The zero-order valence-electron chi connectivity index (χ0n) is 28.1. The predicted molar refractivity (Wildman–Crippen MR) is 169 cm³/mol. The Balaban J connectivity index is 1.56. The lowest BCUT2D eigenvalue weighted by Crippen LogP contribution is -2.58. The molecule has 45 heavy (non-hydrogen) atoms. The highest BCUT2D eigenvalue weighted by Gasteiger charge is 2.60. The first-order valence-corrected chi connectivity index (χ1v) is 16.8. The number of ether oxygens (including phenoxy) is 6. The topological polar surface area (TPSA) is 113 Å². The summed E-state index contributed by atoms with van der Waals surface area (Å²) in [5.74, 6) is -1.75. The fourth-order valence-electron chi connectivity index (χ4n) is 8.13. The first-order valence-electron chi connectivity index (χ1n) is 16.8. The number of fused-ring (bicyclic) bond motifs is 2. The molecule has 2 bridgehead atoms. The van der Waals surface area contributed by atoms with E-state index in [-0.39, 0.29) is 36.9 Å². The average molecular weight is 631 g/mol. The lowest BCUT2D eigenvalue weighted by Gasteiger charge is -2.50. The van der Waals surface area contributed by atoms with Gasteiger partial charge in [0, 0.05) is 39.9 Å². The van der Waals surface area contributed by atoms with Gasteiger partial charge in [-0.05, 0) is 62.0 Å². The van der Waals surface area contributed by atoms with Gasteiger partial charge < -0.3 is 38.6 Å². The van der Waals surface area contributed by atoms with Gasteiger partial charge in [0.2, 0.25) is 0 Å². The van der Waals surface area contributed by atoms with Crippen LogP contribution in [0.5, 0.6) is 0 Å². The zero-order chi connectivity index (χ0) is 32.5. The molecule has 1 spiro atoms. The van der Waals surface area contributed by atoms with Crippen molar-refractivity contribution in [1.29, 1.82) is 0 Å². The lowest BCUT2D eigenvalue weighted by molar-refractivity contribution is -0.335. The van der Waals surface area contributed by atoms with Gasteiger partial charge in [-0.1, -0.05) is 56.7 Å². The van der Waals surface area contributed by atoms with E-state index in [1.165, 1.54) is 5.57 Å². The Kier molecular flexibility index (Phi) is 10.8. The molecular weight excluding hydrogens is 576 g/mol. The van der Waals surface area contributed by atoms with Crippen LogP contribution in [0.3, 0.4) is 0 Å². The maximum atomic E-state index is 14.0. The fraction of sp³-hybridized carbons (Fsp3) is 0.750. The second kappa shape index (κ2) is 14.1. The van der Waals surface area contributed by atoms with Crippen molar-refractivity contribution in [2.24, 2.45) is 23.7 Å². The SMILES string of the molecule is CC[C@H]1O[C@]2(CC[C@@H]1C)C[C@@H]1C[C@@H](C/C=C(\C)C(CC(OC)OC)[C@@H](C)/C=C/C=C3\CO[C@@H]4[C@H](O)C(C)=C[C@@H](C(=O)O1)[C@]34O)O2. The molecule has 4 heterocycles. The summed E-state index contributed by atoms with van der Waals surface area (Å²) in [6, 6.07) is 0. The number of aliphatic hydroxyl groups is 2. The summed E-state index contributed by atoms with van der Waals surface area (Å²) in [5.41, 5.74) is 0.586. The maximum Gasteiger partial charge on any atom is 0.316 e. The largest absolute Gasteiger partial charge is 0.462 e. The molecule has 3 saturated heterocycles. The lowest BCUT2D eigenvalue weighted by atomic mass is 9.71. The Hall–Kier alpha value is -1.85. The highest BCUT2D eigenvalue weighted by molar-refractivity contribution is 5.78. The summed E-state index contributed by atoms with van der Waals surface area (Å²) in [5, 5.41) is 23.2. The minimum Gasteiger partial charge on any atom is -0.462 e. The Morgan fingerprint density at radius 2 is 1.87 bits per heavy atom. The van der Waals surface area contributed by atoms with Crippen LogP contribution in [0, 0.1) is 23.7 Å². The molecule has 11 atom stereocenters. The van der Waals surface area contributed by atoms with Gasteiger partial charge in [-0.2, -0.15) is 0 Å². The molecule has 5 rings (SSSR count). The number of allylic oxidation sites excluding steroid dienone is 4. The van der Waals surface area contributed by atoms with E-state index in [2.05, 4.69) is 39.8 Å². The number of carbonyl (C=O) groups is 1. The van der Waals surface area contributed by atoms with Gasteiger partial charge in [-0.25, -0.2) is 0 Å². The summed E-state index contributed by atoms with van der Waals surface area (Å²) in [4.78, 5) is 14.0. The third-order valence-electron chi connectivity index (χ3n) is 11.0. The Labute approximate surface area is 268 Å². The van der Waals surface area contributed by atoms with Gasteiger partial charge in [0.15, 0.2) is 12.1 Å². The minimum atomic E-state index is -1.74. The van der Waals surface area contributed by atoms with E-state index < -0.39 is 41.6 Å². The molecule has 1 unspecified atom stereocenters. The molecule has 0 radical (unpaired) electrons. The van der Waals surface area contributed by atoms with Crippen molar-refractivity contribution in [3.8, 4) is 0 Å². The molecule has 3 fully saturated rings. The highest BCUT2D eigenvalue weighted by Crippen LogP contribution is 2.47. The van der Waals surface area contributed by atoms with Gasteiger partial charge in [0.1, 0.15) is 29.8 Å². The van der Waals surface area contributed by atoms with E-state index >= 15 is 0 Å². The minimum absolute atomic E-state index is 0.0660. The number of rotatable bonds is 5. The molecule has 9 heteroatoms. The monoisotopic (exact) mass is 630 g/mol. The van der Waals surface area contributed by atoms with Crippen molar-refractivity contribution in [2.45, 2.75) is 128 Å². The second-order valence-electron chi connectivity index (χ2n) is 14.0. The number of esters is 1. The van der Waals surface area contributed by atoms with Crippen molar-refractivity contribution in [1.82, 2.24) is 0 Å². The molecule has 252 valence electrons. The summed E-state index contributed by atoms with van der Waals surface area (Å²) in [6.07, 6.45) is 11.6. The van der Waals surface area contributed by atoms with E-state index in [0.29, 0.717) is 42.7 Å². The molecule has 0 amide bonds. The van der Waals surface area contributed by atoms with E-state index in [0.717, 1.165) is 19.3 Å². The third-order valence-corrected chi connectivity index (χ3v) is 11.0. The predicted octanol–water partition coefficient (Wildman–Crippen LogP) is 5.16. The van der Waals surface area contributed by atoms with Gasteiger partial charge in [-0.15, -0.1) is 0 Å². The van der Waals surface area contributed by atoms with Crippen LogP contribution < -0.4 is 0 Å². The summed E-state index contributed by atoms with van der Waals surface area (Å²) in [7, 11) is 3.31. The number of hydrogen-bond donors (Lipinski definition) is 2.